The number of nitrogens with one attached hydrogen (secondary N) is 1. The Labute approximate surface area is 134 Å². The van der Waals surface area contributed by atoms with E-state index in [2.05, 4.69) is 22.3 Å². The summed E-state index contributed by atoms with van der Waals surface area (Å²) >= 11 is 0. The molecule has 0 spiro atoms. The molecule has 23 heavy (non-hydrogen) atoms. The summed E-state index contributed by atoms with van der Waals surface area (Å²) in [6.45, 7) is 1.90. The molecule has 1 aliphatic heterocycles. The van der Waals surface area contributed by atoms with Gasteiger partial charge in [0.25, 0.3) is 0 Å². The molecule has 0 radical (unpaired) electrons. The van der Waals surface area contributed by atoms with Gasteiger partial charge in [0.2, 0.25) is 11.6 Å². The average molecular weight is 304 g/mol. The number of fused-ring (bicyclic) bond motifs is 2. The number of carbonyl (C=O) groups is 2. The van der Waals surface area contributed by atoms with Crippen molar-refractivity contribution < 1.29 is 9.59 Å². The molecule has 0 unspecified atom stereocenters. The second-order valence-corrected chi connectivity index (χ2v) is 5.86. The number of carbonyl (C=O) groups excluding carboxylic acids is 2. The number of rotatable bonds is 2. The Balaban J connectivity index is 1.66. The smallest absolute Gasteiger partial charge is 0.233 e. The summed E-state index contributed by atoms with van der Waals surface area (Å²) in [5, 5.41) is 3.33. The third kappa shape index (κ3) is 2.37. The topological polar surface area (TPSA) is 49.4 Å². The zero-order valence-corrected chi connectivity index (χ0v) is 12.6. The second-order valence-electron chi connectivity index (χ2n) is 5.86. The van der Waals surface area contributed by atoms with Crippen LogP contribution in [0.3, 0.4) is 0 Å². The molecule has 1 N–H and O–H groups in total. The number of Topliss-reactive ketones (excluding diaryl/α,β-unsaturated/α-hetero) is 2. The van der Waals surface area contributed by atoms with E-state index in [0.29, 0.717) is 24.4 Å². The molecule has 0 aromatic heterocycles. The first-order chi connectivity index (χ1) is 11.2. The standard InChI is InChI=1S/C19H16N2O2/c22-18-15-9-5-4-8-14(15)17-16(19(18)23)11-21(12-20-17)10-13-6-2-1-3-7-13/h1-9,20H,10-12H2. The van der Waals surface area contributed by atoms with E-state index in [9.17, 15) is 9.59 Å². The van der Waals surface area contributed by atoms with Crippen LogP contribution in [-0.2, 0) is 11.3 Å². The molecule has 2 aliphatic rings. The number of hydrogen-bond donors (Lipinski definition) is 1. The average Bonchev–Trinajstić information content (AvgIpc) is 2.60. The molecule has 114 valence electrons. The molecule has 2 aromatic carbocycles. The van der Waals surface area contributed by atoms with Crippen LogP contribution in [0.2, 0.25) is 0 Å². The summed E-state index contributed by atoms with van der Waals surface area (Å²) in [7, 11) is 0. The second kappa shape index (κ2) is 5.48. The van der Waals surface area contributed by atoms with E-state index >= 15 is 0 Å². The van der Waals surface area contributed by atoms with E-state index < -0.39 is 5.78 Å². The van der Waals surface area contributed by atoms with Crippen LogP contribution in [0.15, 0.2) is 60.2 Å². The molecule has 0 saturated heterocycles. The maximum Gasteiger partial charge on any atom is 0.233 e. The van der Waals surface area contributed by atoms with Crippen molar-refractivity contribution in [3.05, 3.63) is 76.9 Å². The first kappa shape index (κ1) is 13.9. The first-order valence-electron chi connectivity index (χ1n) is 7.66. The van der Waals surface area contributed by atoms with Crippen LogP contribution in [-0.4, -0.2) is 29.7 Å². The van der Waals surface area contributed by atoms with Gasteiger partial charge in [-0.2, -0.15) is 0 Å². The Kier molecular flexibility index (Phi) is 3.32. The highest BCUT2D eigenvalue weighted by Gasteiger charge is 2.35. The Hall–Kier alpha value is -2.72. The Bertz CT molecular complexity index is 824. The van der Waals surface area contributed by atoms with Gasteiger partial charge in [0.05, 0.1) is 12.4 Å². The van der Waals surface area contributed by atoms with Gasteiger partial charge >= 0.3 is 0 Å². The van der Waals surface area contributed by atoms with Crippen molar-refractivity contribution in [2.75, 3.05) is 13.2 Å². The number of nitrogens with zero attached hydrogens (tertiary/aromatic N) is 1. The molecule has 0 atom stereocenters. The van der Waals surface area contributed by atoms with Crippen LogP contribution >= 0.6 is 0 Å². The summed E-state index contributed by atoms with van der Waals surface area (Å²) in [5.74, 6) is -0.785. The number of hydrogen-bond acceptors (Lipinski definition) is 4. The summed E-state index contributed by atoms with van der Waals surface area (Å²) in [6, 6.07) is 17.4. The normalized spacial score (nSPS) is 17.6. The Morgan fingerprint density at radius 2 is 1.57 bits per heavy atom. The molecule has 0 fully saturated rings. The lowest BCUT2D eigenvalue weighted by Crippen LogP contribution is -2.44. The molecule has 1 aliphatic carbocycles. The van der Waals surface area contributed by atoms with Crippen LogP contribution in [0.25, 0.3) is 5.70 Å². The summed E-state index contributed by atoms with van der Waals surface area (Å²) in [4.78, 5) is 26.9. The van der Waals surface area contributed by atoms with E-state index in [4.69, 9.17) is 0 Å². The highest BCUT2D eigenvalue weighted by molar-refractivity contribution is 6.52. The minimum Gasteiger partial charge on any atom is -0.371 e. The highest BCUT2D eigenvalue weighted by Crippen LogP contribution is 2.30. The van der Waals surface area contributed by atoms with Crippen molar-refractivity contribution in [1.82, 2.24) is 10.2 Å². The lowest BCUT2D eigenvalue weighted by molar-refractivity contribution is -0.112. The van der Waals surface area contributed by atoms with E-state index in [1.165, 1.54) is 5.56 Å². The predicted octanol–water partition coefficient (Wildman–Crippen LogP) is 2.23. The van der Waals surface area contributed by atoms with Crippen molar-refractivity contribution in [2.45, 2.75) is 6.54 Å². The summed E-state index contributed by atoms with van der Waals surface area (Å²) in [5.41, 5.74) is 3.92. The van der Waals surface area contributed by atoms with Gasteiger partial charge in [0.1, 0.15) is 0 Å². The predicted molar refractivity (Wildman–Crippen MR) is 87.6 cm³/mol. The molecule has 4 rings (SSSR count). The monoisotopic (exact) mass is 304 g/mol. The van der Waals surface area contributed by atoms with Gasteiger partial charge in [-0.15, -0.1) is 0 Å². The molecule has 1 heterocycles. The van der Waals surface area contributed by atoms with Gasteiger partial charge in [-0.3, -0.25) is 14.5 Å². The van der Waals surface area contributed by atoms with Gasteiger partial charge in [0.15, 0.2) is 0 Å². The van der Waals surface area contributed by atoms with E-state index in [1.807, 2.05) is 30.3 Å². The molecule has 0 amide bonds. The van der Waals surface area contributed by atoms with Crippen molar-refractivity contribution >= 4 is 17.3 Å². The fraction of sp³-hybridized carbons (Fsp3) is 0.158. The van der Waals surface area contributed by atoms with Crippen LogP contribution < -0.4 is 5.32 Å². The van der Waals surface area contributed by atoms with Crippen molar-refractivity contribution in [3.63, 3.8) is 0 Å². The van der Waals surface area contributed by atoms with Crippen LogP contribution in [0.4, 0.5) is 0 Å². The quantitative estimate of drug-likeness (QED) is 0.864. The maximum atomic E-state index is 12.4. The third-order valence-corrected chi connectivity index (χ3v) is 4.33. The van der Waals surface area contributed by atoms with Crippen LogP contribution in [0.5, 0.6) is 0 Å². The van der Waals surface area contributed by atoms with Gasteiger partial charge in [0, 0.05) is 29.8 Å². The number of ketones is 2. The molecular formula is C19H16N2O2. The third-order valence-electron chi connectivity index (χ3n) is 4.33. The van der Waals surface area contributed by atoms with Crippen molar-refractivity contribution in [1.29, 1.82) is 0 Å². The zero-order valence-electron chi connectivity index (χ0n) is 12.6. The van der Waals surface area contributed by atoms with Gasteiger partial charge < -0.3 is 5.32 Å². The van der Waals surface area contributed by atoms with Gasteiger partial charge in [-0.1, -0.05) is 54.6 Å². The Morgan fingerprint density at radius 3 is 2.35 bits per heavy atom. The molecular weight excluding hydrogens is 288 g/mol. The lowest BCUT2D eigenvalue weighted by Gasteiger charge is -2.34. The van der Waals surface area contributed by atoms with E-state index in [0.717, 1.165) is 17.8 Å². The van der Waals surface area contributed by atoms with Gasteiger partial charge in [-0.25, -0.2) is 0 Å². The number of benzene rings is 2. The largest absolute Gasteiger partial charge is 0.371 e. The Morgan fingerprint density at radius 1 is 0.870 bits per heavy atom. The van der Waals surface area contributed by atoms with Crippen molar-refractivity contribution in [2.24, 2.45) is 0 Å². The maximum absolute atomic E-state index is 12.4. The molecule has 0 saturated carbocycles. The lowest BCUT2D eigenvalue weighted by atomic mass is 9.86. The fourth-order valence-corrected chi connectivity index (χ4v) is 3.21. The highest BCUT2D eigenvalue weighted by atomic mass is 16.2. The summed E-state index contributed by atoms with van der Waals surface area (Å²) < 4.78 is 0. The molecule has 4 heteroatoms. The zero-order chi connectivity index (χ0) is 15.8. The van der Waals surface area contributed by atoms with Gasteiger partial charge in [-0.05, 0) is 5.56 Å². The van der Waals surface area contributed by atoms with Crippen LogP contribution in [0, 0.1) is 0 Å². The molecule has 4 nitrogen and oxygen atoms in total. The van der Waals surface area contributed by atoms with Crippen LogP contribution in [0.1, 0.15) is 21.5 Å². The minimum atomic E-state index is -0.400. The van der Waals surface area contributed by atoms with E-state index in [-0.39, 0.29) is 5.78 Å². The molecule has 2 aromatic rings. The van der Waals surface area contributed by atoms with Crippen molar-refractivity contribution in [3.8, 4) is 0 Å². The summed E-state index contributed by atoms with van der Waals surface area (Å²) in [6.07, 6.45) is 0. The van der Waals surface area contributed by atoms with E-state index in [1.54, 1.807) is 12.1 Å². The minimum absolute atomic E-state index is 0.385. The molecule has 0 bridgehead atoms. The first-order valence-corrected chi connectivity index (χ1v) is 7.66. The SMILES string of the molecule is O=C1C(=O)c2ccccc2C2=C1CN(Cc1ccccc1)CN2. The fourth-order valence-electron chi connectivity index (χ4n) is 3.21.